The average molecular weight is 239 g/mol. The molecular weight excluding hydrogens is 214 g/mol. The van der Waals surface area contributed by atoms with Gasteiger partial charge in [0.15, 0.2) is 0 Å². The molecule has 98 valence electrons. The fraction of sp³-hybridized carbons (Fsp3) is 0.714. The second kappa shape index (κ2) is 6.22. The minimum Gasteiger partial charge on any atom is -0.465 e. The summed E-state index contributed by atoms with van der Waals surface area (Å²) in [4.78, 5) is 2.22. The minimum absolute atomic E-state index is 0.0242. The lowest BCUT2D eigenvalue weighted by Crippen LogP contribution is -2.37. The highest BCUT2D eigenvalue weighted by molar-refractivity contribution is 5.05. The molecule has 17 heavy (non-hydrogen) atoms. The maximum Gasteiger partial charge on any atom is 0.118 e. The monoisotopic (exact) mass is 239 g/mol. The van der Waals surface area contributed by atoms with Gasteiger partial charge < -0.3 is 9.52 Å². The first-order valence-corrected chi connectivity index (χ1v) is 6.40. The second-order valence-electron chi connectivity index (χ2n) is 5.05. The van der Waals surface area contributed by atoms with Crippen LogP contribution in [-0.4, -0.2) is 30.2 Å². The van der Waals surface area contributed by atoms with E-state index in [0.717, 1.165) is 37.5 Å². The molecule has 0 bridgehead atoms. The molecule has 0 saturated carbocycles. The van der Waals surface area contributed by atoms with E-state index in [1.807, 2.05) is 19.1 Å². The number of hydrogen-bond donors (Lipinski definition) is 1. The summed E-state index contributed by atoms with van der Waals surface area (Å²) >= 11 is 0. The average Bonchev–Trinajstić information content (AvgIpc) is 2.72. The van der Waals surface area contributed by atoms with Crippen molar-refractivity contribution < 1.29 is 9.52 Å². The van der Waals surface area contributed by atoms with Crippen LogP contribution in [0, 0.1) is 12.3 Å². The molecule has 0 aliphatic rings. The van der Waals surface area contributed by atoms with E-state index in [-0.39, 0.29) is 12.0 Å². The van der Waals surface area contributed by atoms with Crippen LogP contribution in [0.5, 0.6) is 0 Å². The van der Waals surface area contributed by atoms with Gasteiger partial charge >= 0.3 is 0 Å². The summed E-state index contributed by atoms with van der Waals surface area (Å²) in [5, 5.41) is 9.55. The van der Waals surface area contributed by atoms with Gasteiger partial charge in [-0.1, -0.05) is 13.8 Å². The van der Waals surface area contributed by atoms with Gasteiger partial charge in [0, 0.05) is 18.6 Å². The molecule has 0 aromatic carbocycles. The molecule has 3 heteroatoms. The van der Waals surface area contributed by atoms with E-state index in [4.69, 9.17) is 4.42 Å². The SMILES string of the molecule is CCC(CC)(CO)CN(C)Cc1ccc(C)o1. The summed E-state index contributed by atoms with van der Waals surface area (Å²) in [6, 6.07) is 4.01. The third-order valence-corrected chi connectivity index (χ3v) is 3.66. The molecule has 1 aromatic rings. The molecule has 0 atom stereocenters. The van der Waals surface area contributed by atoms with Gasteiger partial charge in [-0.15, -0.1) is 0 Å². The highest BCUT2D eigenvalue weighted by Gasteiger charge is 2.27. The maximum atomic E-state index is 9.55. The Morgan fingerprint density at radius 2 is 1.94 bits per heavy atom. The van der Waals surface area contributed by atoms with Gasteiger partial charge in [-0.25, -0.2) is 0 Å². The molecule has 1 N–H and O–H groups in total. The summed E-state index contributed by atoms with van der Waals surface area (Å²) in [5.41, 5.74) is 0.0242. The molecule has 0 fully saturated rings. The molecule has 3 nitrogen and oxygen atoms in total. The molecule has 0 aliphatic heterocycles. The topological polar surface area (TPSA) is 36.6 Å². The number of furan rings is 1. The molecule has 1 aromatic heterocycles. The number of nitrogens with zero attached hydrogens (tertiary/aromatic N) is 1. The fourth-order valence-corrected chi connectivity index (χ4v) is 2.21. The third-order valence-electron chi connectivity index (χ3n) is 3.66. The zero-order valence-electron chi connectivity index (χ0n) is 11.5. The number of aliphatic hydroxyl groups is 1. The summed E-state index contributed by atoms with van der Waals surface area (Å²) in [7, 11) is 2.08. The van der Waals surface area contributed by atoms with Crippen LogP contribution in [0.15, 0.2) is 16.5 Å². The Morgan fingerprint density at radius 1 is 1.29 bits per heavy atom. The van der Waals surface area contributed by atoms with E-state index in [1.165, 1.54) is 0 Å². The van der Waals surface area contributed by atoms with Crippen molar-refractivity contribution in [3.63, 3.8) is 0 Å². The normalized spacial score (nSPS) is 12.4. The Morgan fingerprint density at radius 3 is 2.35 bits per heavy atom. The van der Waals surface area contributed by atoms with Crippen LogP contribution in [0.25, 0.3) is 0 Å². The van der Waals surface area contributed by atoms with Crippen molar-refractivity contribution in [1.29, 1.82) is 0 Å². The molecular formula is C14H25NO2. The molecule has 0 aliphatic carbocycles. The second-order valence-corrected chi connectivity index (χ2v) is 5.05. The Bertz CT molecular complexity index is 320. The van der Waals surface area contributed by atoms with E-state index in [0.29, 0.717) is 0 Å². The lowest BCUT2D eigenvalue weighted by Gasteiger charge is -2.33. The first-order chi connectivity index (χ1) is 8.05. The van der Waals surface area contributed by atoms with Crippen LogP contribution in [0.3, 0.4) is 0 Å². The van der Waals surface area contributed by atoms with Crippen molar-refractivity contribution in [1.82, 2.24) is 4.90 Å². The van der Waals surface area contributed by atoms with Crippen LogP contribution < -0.4 is 0 Å². The van der Waals surface area contributed by atoms with Gasteiger partial charge in [-0.3, -0.25) is 4.90 Å². The molecule has 0 radical (unpaired) electrons. The smallest absolute Gasteiger partial charge is 0.118 e. The van der Waals surface area contributed by atoms with Crippen LogP contribution in [0.4, 0.5) is 0 Å². The van der Waals surface area contributed by atoms with E-state index in [1.54, 1.807) is 0 Å². The lowest BCUT2D eigenvalue weighted by molar-refractivity contribution is 0.0707. The largest absolute Gasteiger partial charge is 0.465 e. The predicted molar refractivity (Wildman–Crippen MR) is 69.9 cm³/mol. The van der Waals surface area contributed by atoms with Crippen LogP contribution in [0.1, 0.15) is 38.2 Å². The van der Waals surface area contributed by atoms with E-state index >= 15 is 0 Å². The summed E-state index contributed by atoms with van der Waals surface area (Å²) in [6.07, 6.45) is 2.00. The molecule has 0 amide bonds. The van der Waals surface area contributed by atoms with E-state index in [9.17, 15) is 5.11 Å². The van der Waals surface area contributed by atoms with E-state index in [2.05, 4.69) is 25.8 Å². The van der Waals surface area contributed by atoms with Crippen molar-refractivity contribution in [2.24, 2.45) is 5.41 Å². The standard InChI is InChI=1S/C14H25NO2/c1-5-14(6-2,11-16)10-15(4)9-13-8-7-12(3)17-13/h7-8,16H,5-6,9-11H2,1-4H3. The van der Waals surface area contributed by atoms with Gasteiger partial charge in [0.1, 0.15) is 11.5 Å². The zero-order chi connectivity index (χ0) is 12.9. The number of aliphatic hydroxyl groups excluding tert-OH is 1. The number of hydrogen-bond acceptors (Lipinski definition) is 3. The van der Waals surface area contributed by atoms with Crippen LogP contribution >= 0.6 is 0 Å². The van der Waals surface area contributed by atoms with E-state index < -0.39 is 0 Å². The molecule has 1 rings (SSSR count). The predicted octanol–water partition coefficient (Wildman–Crippen LogP) is 2.82. The molecule has 0 saturated heterocycles. The molecule has 1 heterocycles. The molecule has 0 spiro atoms. The highest BCUT2D eigenvalue weighted by Crippen LogP contribution is 2.27. The van der Waals surface area contributed by atoms with Crippen LogP contribution in [0.2, 0.25) is 0 Å². The fourth-order valence-electron chi connectivity index (χ4n) is 2.21. The van der Waals surface area contributed by atoms with Crippen molar-refractivity contribution in [3.8, 4) is 0 Å². The summed E-state index contributed by atoms with van der Waals surface area (Å²) in [5.74, 6) is 1.94. The van der Waals surface area contributed by atoms with Crippen molar-refractivity contribution in [3.05, 3.63) is 23.7 Å². The lowest BCUT2D eigenvalue weighted by atomic mass is 9.83. The van der Waals surface area contributed by atoms with Crippen LogP contribution in [-0.2, 0) is 6.54 Å². The minimum atomic E-state index is 0.0242. The Kier molecular flexibility index (Phi) is 5.22. The molecule has 0 unspecified atom stereocenters. The van der Waals surface area contributed by atoms with Crippen molar-refractivity contribution in [2.75, 3.05) is 20.2 Å². The first kappa shape index (κ1) is 14.3. The Labute approximate surface area is 104 Å². The highest BCUT2D eigenvalue weighted by atomic mass is 16.3. The first-order valence-electron chi connectivity index (χ1n) is 6.40. The van der Waals surface area contributed by atoms with Gasteiger partial charge in [0.25, 0.3) is 0 Å². The van der Waals surface area contributed by atoms with Gasteiger partial charge in [0.05, 0.1) is 6.54 Å². The number of rotatable bonds is 7. The van der Waals surface area contributed by atoms with Crippen molar-refractivity contribution >= 4 is 0 Å². The summed E-state index contributed by atoms with van der Waals surface area (Å²) < 4.78 is 5.57. The van der Waals surface area contributed by atoms with Gasteiger partial charge in [-0.05, 0) is 38.9 Å². The zero-order valence-corrected chi connectivity index (χ0v) is 11.5. The third kappa shape index (κ3) is 3.86. The quantitative estimate of drug-likeness (QED) is 0.795. The van der Waals surface area contributed by atoms with Gasteiger partial charge in [-0.2, -0.15) is 0 Å². The Balaban J connectivity index is 2.56. The maximum absolute atomic E-state index is 9.55. The number of aryl methyl sites for hydroxylation is 1. The summed E-state index contributed by atoms with van der Waals surface area (Å²) in [6.45, 7) is 8.20. The van der Waals surface area contributed by atoms with Gasteiger partial charge in [0.2, 0.25) is 0 Å². The van der Waals surface area contributed by atoms with Crippen molar-refractivity contribution in [2.45, 2.75) is 40.2 Å². The Hall–Kier alpha value is -0.800.